The van der Waals surface area contributed by atoms with Crippen molar-refractivity contribution in [3.63, 3.8) is 0 Å². The highest BCUT2D eigenvalue weighted by molar-refractivity contribution is 7.91. The fraction of sp³-hybridized carbons (Fsp3) is 0.526. The molecule has 1 aliphatic heterocycles. The summed E-state index contributed by atoms with van der Waals surface area (Å²) in [6, 6.07) is 8.92. The lowest BCUT2D eigenvalue weighted by Crippen LogP contribution is -2.60. The Labute approximate surface area is 318 Å². The maximum atomic E-state index is 14.6. The highest BCUT2D eigenvalue weighted by Gasteiger charge is 2.63. The van der Waals surface area contributed by atoms with Crippen LogP contribution in [0.15, 0.2) is 54.4 Å². The minimum Gasteiger partial charge on any atom is -0.471 e. The van der Waals surface area contributed by atoms with Gasteiger partial charge < -0.3 is 25.0 Å². The van der Waals surface area contributed by atoms with Crippen molar-refractivity contribution >= 4 is 56.2 Å². The van der Waals surface area contributed by atoms with Gasteiger partial charge in [-0.15, -0.1) is 17.9 Å². The van der Waals surface area contributed by atoms with Gasteiger partial charge in [0.15, 0.2) is 0 Å². The highest BCUT2D eigenvalue weighted by Crippen LogP contribution is 2.47. The number of carbonyl (C=O) groups is 4. The summed E-state index contributed by atoms with van der Waals surface area (Å²) in [5, 5.41) is 7.49. The SMILES string of the molecule is C=C[C@@H]1CC1(NC(=O)[C@@H]1C[C@@H](Oc2nc3ccccc3nc2-c2cccs2)CN1C(=O)[C@@H](NC(=O)OC1CCC1)C(C)(C)C)C(=O)NS(=O)(=O)C1(C)CC1. The maximum Gasteiger partial charge on any atom is 0.408 e. The summed E-state index contributed by atoms with van der Waals surface area (Å²) in [7, 11) is -4.00. The highest BCUT2D eigenvalue weighted by atomic mass is 32.2. The first kappa shape index (κ1) is 37.7. The first-order valence-electron chi connectivity index (χ1n) is 18.3. The molecule has 54 heavy (non-hydrogen) atoms. The van der Waals surface area contributed by atoms with Crippen LogP contribution in [0.3, 0.4) is 0 Å². The molecule has 4 aliphatic rings. The van der Waals surface area contributed by atoms with Gasteiger partial charge in [-0.3, -0.25) is 19.1 Å². The zero-order valence-corrected chi connectivity index (χ0v) is 32.4. The van der Waals surface area contributed by atoms with E-state index < -0.39 is 73.6 Å². The first-order valence-corrected chi connectivity index (χ1v) is 20.7. The molecule has 5 atom stereocenters. The predicted molar refractivity (Wildman–Crippen MR) is 202 cm³/mol. The summed E-state index contributed by atoms with van der Waals surface area (Å²) in [6.07, 6.45) is 3.27. The van der Waals surface area contributed by atoms with E-state index in [2.05, 4.69) is 21.9 Å². The third kappa shape index (κ3) is 7.29. The van der Waals surface area contributed by atoms with Gasteiger partial charge in [-0.05, 0) is 74.4 Å². The summed E-state index contributed by atoms with van der Waals surface area (Å²) >= 11 is 1.47. The topological polar surface area (TPSA) is 186 Å². The van der Waals surface area contributed by atoms with E-state index in [1.165, 1.54) is 22.3 Å². The zero-order valence-electron chi connectivity index (χ0n) is 30.8. The number of rotatable bonds is 12. The standard InChI is InChI=1S/C38H46N6O8S2/c1-6-22-20-38(22,34(47)43-54(49,50)37(5)16-17-37)42-31(45)27-19-24(21-44(27)33(46)30(36(2,3)4)41-35(48)52-23-11-9-12-23)51-32-29(28-15-10-18-53-28)39-25-13-7-8-14-26(25)40-32/h6-8,10,13-15,18,22-24,27,30H,1,9,11-12,16-17,19-21H2,2-5H3,(H,41,48)(H,42,45)(H,43,47)/t22-,24-,27+,30-,38?/m1/s1. The van der Waals surface area contributed by atoms with Crippen LogP contribution in [0.5, 0.6) is 5.88 Å². The number of fused-ring (bicyclic) bond motifs is 1. The number of amides is 4. The van der Waals surface area contributed by atoms with E-state index in [-0.39, 0.29) is 31.4 Å². The van der Waals surface area contributed by atoms with E-state index in [0.29, 0.717) is 29.6 Å². The van der Waals surface area contributed by atoms with Crippen molar-refractivity contribution < 1.29 is 37.1 Å². The number of nitrogens with one attached hydrogen (secondary N) is 3. The first-order chi connectivity index (χ1) is 25.5. The number of sulfonamides is 1. The number of hydrogen-bond donors (Lipinski definition) is 3. The fourth-order valence-corrected chi connectivity index (χ4v) is 8.91. The Balaban J connectivity index is 1.19. The smallest absolute Gasteiger partial charge is 0.408 e. The van der Waals surface area contributed by atoms with Crippen molar-refractivity contribution in [2.45, 2.75) is 107 Å². The second-order valence-corrected chi connectivity index (χ2v) is 19.3. The van der Waals surface area contributed by atoms with E-state index in [1.54, 1.807) is 27.7 Å². The van der Waals surface area contributed by atoms with E-state index in [0.717, 1.165) is 24.1 Å². The van der Waals surface area contributed by atoms with Gasteiger partial charge in [-0.1, -0.05) is 45.0 Å². The largest absolute Gasteiger partial charge is 0.471 e. The summed E-state index contributed by atoms with van der Waals surface area (Å²) < 4.78 is 39.3. The number of aromatic nitrogens is 2. The van der Waals surface area contributed by atoms with Crippen molar-refractivity contribution in [1.82, 2.24) is 30.2 Å². The summed E-state index contributed by atoms with van der Waals surface area (Å²) in [4.78, 5) is 67.5. The predicted octanol–water partition coefficient (Wildman–Crippen LogP) is 4.46. The molecule has 3 saturated carbocycles. The Morgan fingerprint density at radius 2 is 1.76 bits per heavy atom. The van der Waals surface area contributed by atoms with Gasteiger partial charge in [0.25, 0.3) is 5.91 Å². The van der Waals surface area contributed by atoms with E-state index >= 15 is 0 Å². The average Bonchev–Trinajstić information content (AvgIpc) is 3.87. The van der Waals surface area contributed by atoms with Crippen LogP contribution in [0, 0.1) is 11.3 Å². The number of hydrogen-bond acceptors (Lipinski definition) is 11. The Hall–Kier alpha value is -4.57. The molecule has 7 rings (SSSR count). The minimum atomic E-state index is -4.00. The molecule has 0 radical (unpaired) electrons. The number of alkyl carbamates (subject to hydrolysis) is 1. The summed E-state index contributed by atoms with van der Waals surface area (Å²) in [5.74, 6) is -2.36. The van der Waals surface area contributed by atoms with Crippen molar-refractivity contribution in [2.75, 3.05) is 6.54 Å². The van der Waals surface area contributed by atoms with Crippen molar-refractivity contribution in [1.29, 1.82) is 0 Å². The Morgan fingerprint density at radius 3 is 2.33 bits per heavy atom. The number of thiophene rings is 1. The van der Waals surface area contributed by atoms with Gasteiger partial charge >= 0.3 is 6.09 Å². The average molecular weight is 779 g/mol. The number of carbonyl (C=O) groups excluding carboxylic acids is 4. The summed E-state index contributed by atoms with van der Waals surface area (Å²) in [6.45, 7) is 10.7. The maximum absolute atomic E-state index is 14.6. The van der Waals surface area contributed by atoms with Crippen molar-refractivity contribution in [3.05, 3.63) is 54.4 Å². The number of ether oxygens (including phenoxy) is 2. The Morgan fingerprint density at radius 1 is 1.06 bits per heavy atom. The van der Waals surface area contributed by atoms with Crippen LogP contribution < -0.4 is 20.1 Å². The number of nitrogens with zero attached hydrogens (tertiary/aromatic N) is 3. The van der Waals surface area contributed by atoms with Crippen LogP contribution in [0.2, 0.25) is 0 Å². The van der Waals surface area contributed by atoms with Crippen molar-refractivity contribution in [2.24, 2.45) is 11.3 Å². The van der Waals surface area contributed by atoms with E-state index in [9.17, 15) is 27.6 Å². The van der Waals surface area contributed by atoms with Gasteiger partial charge in [0.2, 0.25) is 27.7 Å². The Kier molecular flexibility index (Phi) is 9.74. The zero-order chi connectivity index (χ0) is 38.6. The third-order valence-corrected chi connectivity index (χ3v) is 14.0. The van der Waals surface area contributed by atoms with Crippen LogP contribution in [-0.4, -0.2) is 88.2 Å². The molecule has 14 nitrogen and oxygen atoms in total. The monoisotopic (exact) mass is 778 g/mol. The molecule has 3 N–H and O–H groups in total. The number of benzene rings is 1. The molecule has 1 unspecified atom stereocenters. The molecular formula is C38H46N6O8S2. The Bertz CT molecular complexity index is 2090. The molecule has 3 heterocycles. The second kappa shape index (κ2) is 13.9. The number of para-hydroxylation sites is 2. The van der Waals surface area contributed by atoms with E-state index in [4.69, 9.17) is 19.4 Å². The van der Waals surface area contributed by atoms with Crippen LogP contribution in [0.1, 0.15) is 72.6 Å². The normalized spacial score (nSPS) is 25.2. The molecule has 1 saturated heterocycles. The molecule has 3 aliphatic carbocycles. The lowest BCUT2D eigenvalue weighted by molar-refractivity contribution is -0.143. The molecule has 4 amide bonds. The second-order valence-electron chi connectivity index (χ2n) is 16.1. The van der Waals surface area contributed by atoms with Gasteiger partial charge in [0, 0.05) is 12.3 Å². The molecule has 0 spiro atoms. The van der Waals surface area contributed by atoms with Crippen LogP contribution >= 0.6 is 11.3 Å². The van der Waals surface area contributed by atoms with Gasteiger partial charge in [-0.2, -0.15) is 0 Å². The molecular weight excluding hydrogens is 733 g/mol. The quantitative estimate of drug-likeness (QED) is 0.222. The molecule has 16 heteroatoms. The van der Waals surface area contributed by atoms with E-state index in [1.807, 2.05) is 41.8 Å². The minimum absolute atomic E-state index is 0.00612. The van der Waals surface area contributed by atoms with Gasteiger partial charge in [-0.25, -0.2) is 23.2 Å². The molecule has 4 fully saturated rings. The molecule has 2 aromatic heterocycles. The van der Waals surface area contributed by atoms with Gasteiger partial charge in [0.05, 0.1) is 27.2 Å². The molecule has 1 aromatic carbocycles. The molecule has 288 valence electrons. The van der Waals surface area contributed by atoms with Gasteiger partial charge in [0.1, 0.15) is 35.5 Å². The third-order valence-electron chi connectivity index (χ3n) is 11.0. The lowest BCUT2D eigenvalue weighted by atomic mass is 9.85. The van der Waals surface area contributed by atoms with Crippen molar-refractivity contribution in [3.8, 4) is 16.5 Å². The lowest BCUT2D eigenvalue weighted by Gasteiger charge is -2.36. The fourth-order valence-electron chi connectivity index (χ4n) is 6.90. The summed E-state index contributed by atoms with van der Waals surface area (Å²) in [5.41, 5.74) is -0.596. The van der Waals surface area contributed by atoms with Crippen LogP contribution in [0.4, 0.5) is 4.79 Å². The molecule has 3 aromatic rings. The van der Waals surface area contributed by atoms with Crippen LogP contribution in [-0.2, 0) is 29.1 Å². The number of likely N-dealkylation sites (tertiary alicyclic amines) is 1. The van der Waals surface area contributed by atoms with Crippen LogP contribution in [0.25, 0.3) is 21.6 Å². The molecule has 0 bridgehead atoms.